The summed E-state index contributed by atoms with van der Waals surface area (Å²) in [4.78, 5) is 16.9. The molecule has 0 aliphatic heterocycles. The van der Waals surface area contributed by atoms with E-state index in [0.29, 0.717) is 16.3 Å². The van der Waals surface area contributed by atoms with E-state index in [-0.39, 0.29) is 5.91 Å². The Morgan fingerprint density at radius 3 is 2.65 bits per heavy atom. The van der Waals surface area contributed by atoms with E-state index >= 15 is 0 Å². The van der Waals surface area contributed by atoms with Gasteiger partial charge in [0.15, 0.2) is 0 Å². The monoisotopic (exact) mass is 402 g/mol. The second-order valence-electron chi connectivity index (χ2n) is 5.88. The molecule has 2 aromatic carbocycles. The van der Waals surface area contributed by atoms with Gasteiger partial charge in [0.1, 0.15) is 0 Å². The van der Waals surface area contributed by atoms with Crippen molar-refractivity contribution in [1.82, 2.24) is 0 Å². The quantitative estimate of drug-likeness (QED) is 0.512. The van der Waals surface area contributed by atoms with Crippen LogP contribution in [0.5, 0.6) is 0 Å². The average molecular weight is 403 g/mol. The van der Waals surface area contributed by atoms with Gasteiger partial charge in [-0.3, -0.25) is 4.79 Å². The molecule has 26 heavy (non-hydrogen) atoms. The molecular formula is C20H19ClN2OS2. The maximum atomic E-state index is 12.8. The summed E-state index contributed by atoms with van der Waals surface area (Å²) >= 11 is 9.69. The van der Waals surface area contributed by atoms with E-state index in [2.05, 4.69) is 16.8 Å². The normalized spacial score (nSPS) is 10.6. The minimum absolute atomic E-state index is 0.132. The van der Waals surface area contributed by atoms with Gasteiger partial charge < -0.3 is 10.2 Å². The zero-order valence-corrected chi connectivity index (χ0v) is 16.9. The number of rotatable bonds is 6. The number of carbonyl (C=O) groups excluding carboxylic acids is 1. The summed E-state index contributed by atoms with van der Waals surface area (Å²) in [7, 11) is 3.86. The number of nitrogens with zero attached hydrogens (tertiary/aromatic N) is 1. The second-order valence-corrected chi connectivity index (χ2v) is 8.34. The number of anilines is 2. The highest BCUT2D eigenvalue weighted by Gasteiger charge is 2.13. The van der Waals surface area contributed by atoms with Crippen molar-refractivity contribution in [1.29, 1.82) is 0 Å². The highest BCUT2D eigenvalue weighted by molar-refractivity contribution is 7.98. The maximum absolute atomic E-state index is 12.8. The first-order valence-corrected chi connectivity index (χ1v) is 10.3. The highest BCUT2D eigenvalue weighted by atomic mass is 35.5. The summed E-state index contributed by atoms with van der Waals surface area (Å²) in [6.45, 7) is 0. The van der Waals surface area contributed by atoms with Gasteiger partial charge >= 0.3 is 0 Å². The fourth-order valence-electron chi connectivity index (χ4n) is 2.47. The molecule has 3 nitrogen and oxygen atoms in total. The second kappa shape index (κ2) is 8.62. The van der Waals surface area contributed by atoms with Gasteiger partial charge in [0.05, 0.1) is 16.3 Å². The zero-order valence-electron chi connectivity index (χ0n) is 14.5. The standard InChI is InChI=1S/C20H19ClN2OS2/c1-23(2)18-10-9-14(12-17(18)21)22-20(24)16-7-3-4-8-19(16)26-13-15-6-5-11-25-15/h3-12H,13H2,1-2H3,(H,22,24). The topological polar surface area (TPSA) is 32.3 Å². The maximum Gasteiger partial charge on any atom is 0.256 e. The summed E-state index contributed by atoms with van der Waals surface area (Å²) in [5.74, 6) is 0.721. The summed E-state index contributed by atoms with van der Waals surface area (Å²) in [5.41, 5.74) is 2.27. The molecule has 0 unspecified atom stereocenters. The molecular weight excluding hydrogens is 384 g/mol. The van der Waals surface area contributed by atoms with Crippen LogP contribution in [0, 0.1) is 0 Å². The molecule has 1 N–H and O–H groups in total. The van der Waals surface area contributed by atoms with Crippen LogP contribution >= 0.6 is 34.7 Å². The molecule has 0 saturated heterocycles. The molecule has 3 rings (SSSR count). The largest absolute Gasteiger partial charge is 0.376 e. The molecule has 0 spiro atoms. The number of benzene rings is 2. The van der Waals surface area contributed by atoms with Crippen molar-refractivity contribution in [2.24, 2.45) is 0 Å². The van der Waals surface area contributed by atoms with Crippen molar-refractivity contribution in [2.45, 2.75) is 10.6 Å². The van der Waals surface area contributed by atoms with E-state index < -0.39 is 0 Å². The number of thiophene rings is 1. The summed E-state index contributed by atoms with van der Waals surface area (Å²) in [6, 6.07) is 17.3. The number of hydrogen-bond donors (Lipinski definition) is 1. The van der Waals surface area contributed by atoms with Crippen LogP contribution in [0.15, 0.2) is 64.9 Å². The van der Waals surface area contributed by atoms with E-state index in [1.165, 1.54) is 4.88 Å². The third-order valence-electron chi connectivity index (χ3n) is 3.77. The lowest BCUT2D eigenvalue weighted by atomic mass is 10.2. The number of carbonyl (C=O) groups is 1. The van der Waals surface area contributed by atoms with Gasteiger partial charge in [0, 0.05) is 35.3 Å². The Kier molecular flexibility index (Phi) is 6.25. The number of thioether (sulfide) groups is 1. The third kappa shape index (κ3) is 4.61. The molecule has 3 aromatic rings. The molecule has 0 bridgehead atoms. The van der Waals surface area contributed by atoms with Crippen molar-refractivity contribution in [3.05, 3.63) is 75.4 Å². The molecule has 0 atom stereocenters. The smallest absolute Gasteiger partial charge is 0.256 e. The Bertz CT molecular complexity index is 895. The average Bonchev–Trinajstić information content (AvgIpc) is 3.13. The van der Waals surface area contributed by atoms with Gasteiger partial charge in [0.25, 0.3) is 5.91 Å². The number of halogens is 1. The van der Waals surface area contributed by atoms with Crippen molar-refractivity contribution >= 4 is 52.0 Å². The van der Waals surface area contributed by atoms with Crippen LogP contribution in [0.2, 0.25) is 5.02 Å². The van der Waals surface area contributed by atoms with Crippen molar-refractivity contribution < 1.29 is 4.79 Å². The van der Waals surface area contributed by atoms with Crippen LogP contribution in [0.3, 0.4) is 0 Å². The number of hydrogen-bond acceptors (Lipinski definition) is 4. The Morgan fingerprint density at radius 2 is 1.96 bits per heavy atom. The fourth-order valence-corrected chi connectivity index (χ4v) is 4.64. The minimum Gasteiger partial charge on any atom is -0.376 e. The zero-order chi connectivity index (χ0) is 18.5. The SMILES string of the molecule is CN(C)c1ccc(NC(=O)c2ccccc2SCc2cccs2)cc1Cl. The van der Waals surface area contributed by atoms with Crippen LogP contribution in [0.25, 0.3) is 0 Å². The van der Waals surface area contributed by atoms with Crippen molar-refractivity contribution in [2.75, 3.05) is 24.3 Å². The van der Waals surface area contributed by atoms with Crippen LogP contribution in [0.1, 0.15) is 15.2 Å². The molecule has 6 heteroatoms. The van der Waals surface area contributed by atoms with Gasteiger partial charge in [-0.2, -0.15) is 0 Å². The lowest BCUT2D eigenvalue weighted by Crippen LogP contribution is -2.14. The van der Waals surface area contributed by atoms with Gasteiger partial charge in [-0.25, -0.2) is 0 Å². The minimum atomic E-state index is -0.132. The summed E-state index contributed by atoms with van der Waals surface area (Å²) in [5, 5.41) is 5.62. The molecule has 0 saturated carbocycles. The van der Waals surface area contributed by atoms with Crippen LogP contribution in [-0.2, 0) is 5.75 Å². The molecule has 0 aliphatic carbocycles. The molecule has 0 radical (unpaired) electrons. The first-order valence-electron chi connectivity index (χ1n) is 8.07. The molecule has 0 aliphatic rings. The van der Waals surface area contributed by atoms with E-state index in [1.807, 2.05) is 61.5 Å². The first kappa shape index (κ1) is 18.8. The Balaban J connectivity index is 1.74. The Labute approximate surface area is 167 Å². The van der Waals surface area contributed by atoms with Crippen molar-refractivity contribution in [3.8, 4) is 0 Å². The van der Waals surface area contributed by atoms with E-state index in [4.69, 9.17) is 11.6 Å². The summed E-state index contributed by atoms with van der Waals surface area (Å²) in [6.07, 6.45) is 0. The number of amides is 1. The van der Waals surface area contributed by atoms with Crippen LogP contribution in [-0.4, -0.2) is 20.0 Å². The van der Waals surface area contributed by atoms with E-state index in [1.54, 1.807) is 29.2 Å². The highest BCUT2D eigenvalue weighted by Crippen LogP contribution is 2.30. The molecule has 134 valence electrons. The van der Waals surface area contributed by atoms with Gasteiger partial charge in [-0.1, -0.05) is 29.8 Å². The van der Waals surface area contributed by atoms with Gasteiger partial charge in [-0.05, 0) is 41.8 Å². The van der Waals surface area contributed by atoms with Gasteiger partial charge in [0.2, 0.25) is 0 Å². The predicted octanol–water partition coefficient (Wildman–Crippen LogP) is 6.01. The molecule has 1 amide bonds. The van der Waals surface area contributed by atoms with Crippen LogP contribution < -0.4 is 10.2 Å². The first-order chi connectivity index (χ1) is 12.5. The third-order valence-corrected chi connectivity index (χ3v) is 6.25. The van der Waals surface area contributed by atoms with Crippen LogP contribution in [0.4, 0.5) is 11.4 Å². The van der Waals surface area contributed by atoms with E-state index in [0.717, 1.165) is 16.3 Å². The Hall–Kier alpha value is -1.95. The summed E-state index contributed by atoms with van der Waals surface area (Å²) < 4.78 is 0. The lowest BCUT2D eigenvalue weighted by molar-refractivity contribution is 0.102. The lowest BCUT2D eigenvalue weighted by Gasteiger charge is -2.16. The van der Waals surface area contributed by atoms with Crippen molar-refractivity contribution in [3.63, 3.8) is 0 Å². The fraction of sp³-hybridized carbons (Fsp3) is 0.150. The number of nitrogens with one attached hydrogen (secondary N) is 1. The molecule has 1 aromatic heterocycles. The molecule has 1 heterocycles. The van der Waals surface area contributed by atoms with E-state index in [9.17, 15) is 4.79 Å². The predicted molar refractivity (Wildman–Crippen MR) is 114 cm³/mol. The van der Waals surface area contributed by atoms with Gasteiger partial charge in [-0.15, -0.1) is 23.1 Å². The Morgan fingerprint density at radius 1 is 1.15 bits per heavy atom. The molecule has 0 fully saturated rings.